The van der Waals surface area contributed by atoms with Crippen molar-refractivity contribution in [3.8, 4) is 0 Å². The van der Waals surface area contributed by atoms with Gasteiger partial charge >= 0.3 is 17.9 Å². The van der Waals surface area contributed by atoms with Gasteiger partial charge in [0.15, 0.2) is 6.10 Å². The molecule has 6 nitrogen and oxygen atoms in total. The van der Waals surface area contributed by atoms with Crippen molar-refractivity contribution in [3.63, 3.8) is 0 Å². The second-order valence-electron chi connectivity index (χ2n) is 15.8. The van der Waals surface area contributed by atoms with E-state index in [9.17, 15) is 14.4 Å². The zero-order valence-corrected chi connectivity index (χ0v) is 39.6. The molecule has 0 heterocycles. The summed E-state index contributed by atoms with van der Waals surface area (Å²) < 4.78 is 16.7. The Bertz CT molecular complexity index is 1350. The smallest absolute Gasteiger partial charge is 0.306 e. The van der Waals surface area contributed by atoms with Gasteiger partial charge < -0.3 is 14.2 Å². The highest BCUT2D eigenvalue weighted by molar-refractivity contribution is 5.71. The Labute approximate surface area is 380 Å². The largest absolute Gasteiger partial charge is 0.462 e. The van der Waals surface area contributed by atoms with Gasteiger partial charge in [0.1, 0.15) is 13.2 Å². The molecule has 62 heavy (non-hydrogen) atoms. The third-order valence-corrected chi connectivity index (χ3v) is 9.87. The summed E-state index contributed by atoms with van der Waals surface area (Å²) in [5, 5.41) is 0. The van der Waals surface area contributed by atoms with Gasteiger partial charge in [-0.05, 0) is 77.0 Å². The maximum absolute atomic E-state index is 12.8. The van der Waals surface area contributed by atoms with Gasteiger partial charge in [-0.25, -0.2) is 0 Å². The van der Waals surface area contributed by atoms with Crippen LogP contribution >= 0.6 is 0 Å². The summed E-state index contributed by atoms with van der Waals surface area (Å²) in [5.74, 6) is -0.973. The van der Waals surface area contributed by atoms with Gasteiger partial charge in [-0.15, -0.1) is 0 Å². The van der Waals surface area contributed by atoms with E-state index in [4.69, 9.17) is 14.2 Å². The number of allylic oxidation sites excluding steroid dienone is 20. The Morgan fingerprint density at radius 1 is 0.339 bits per heavy atom. The summed E-state index contributed by atoms with van der Waals surface area (Å²) in [6.07, 6.45) is 67.4. The van der Waals surface area contributed by atoms with Crippen LogP contribution in [0.15, 0.2) is 122 Å². The van der Waals surface area contributed by atoms with E-state index in [2.05, 4.69) is 81.5 Å². The van der Waals surface area contributed by atoms with Crippen LogP contribution in [0.2, 0.25) is 0 Å². The molecule has 0 saturated carbocycles. The molecule has 0 bridgehead atoms. The van der Waals surface area contributed by atoms with E-state index in [-0.39, 0.29) is 37.5 Å². The van der Waals surface area contributed by atoms with E-state index < -0.39 is 6.10 Å². The van der Waals surface area contributed by atoms with Crippen LogP contribution in [0.1, 0.15) is 194 Å². The van der Waals surface area contributed by atoms with E-state index in [0.29, 0.717) is 12.8 Å². The van der Waals surface area contributed by atoms with E-state index in [1.54, 1.807) is 0 Å². The van der Waals surface area contributed by atoms with Gasteiger partial charge in [-0.3, -0.25) is 14.4 Å². The summed E-state index contributed by atoms with van der Waals surface area (Å²) in [7, 11) is 0. The summed E-state index contributed by atoms with van der Waals surface area (Å²) in [4.78, 5) is 37.9. The van der Waals surface area contributed by atoms with Crippen LogP contribution in [-0.4, -0.2) is 37.2 Å². The standard InChI is InChI=1S/C56H88O6/c1-4-7-10-13-16-19-22-24-26-27-28-30-31-34-37-40-43-46-49-55(58)61-52-53(51-60-54(57)48-45-42-39-36-33-21-18-15-12-9-6-3)62-56(59)50-47-44-41-38-35-32-29-25-23-20-17-14-11-8-5-2/h8,10-11,13-20,22-30,53H,4-7,9,12,21,31-52H2,1-3H3/b11-8-,13-10-,17-14-,18-15-,19-16-,23-20-,24-22-,27-26-,29-25-,30-28-. The first-order valence-electron chi connectivity index (χ1n) is 24.7. The van der Waals surface area contributed by atoms with E-state index in [1.165, 1.54) is 32.1 Å². The molecule has 0 amide bonds. The molecule has 1 unspecified atom stereocenters. The van der Waals surface area contributed by atoms with Crippen LogP contribution in [-0.2, 0) is 28.6 Å². The fourth-order valence-corrected chi connectivity index (χ4v) is 6.17. The molecule has 0 N–H and O–H groups in total. The number of esters is 3. The zero-order valence-electron chi connectivity index (χ0n) is 39.6. The van der Waals surface area contributed by atoms with Crippen molar-refractivity contribution in [3.05, 3.63) is 122 Å². The maximum atomic E-state index is 12.8. The first kappa shape index (κ1) is 57.8. The quantitative estimate of drug-likeness (QED) is 0.0200. The minimum Gasteiger partial charge on any atom is -0.462 e. The van der Waals surface area contributed by atoms with Crippen molar-refractivity contribution in [1.29, 1.82) is 0 Å². The van der Waals surface area contributed by atoms with E-state index >= 15 is 0 Å². The molecule has 0 aliphatic carbocycles. The molecule has 0 spiro atoms. The summed E-state index contributed by atoms with van der Waals surface area (Å²) in [5.41, 5.74) is 0. The van der Waals surface area contributed by atoms with Crippen LogP contribution in [0.25, 0.3) is 0 Å². The Kier molecular flexibility index (Phi) is 46.1. The Hall–Kier alpha value is -4.19. The number of ether oxygens (including phenoxy) is 3. The summed E-state index contributed by atoms with van der Waals surface area (Å²) >= 11 is 0. The normalized spacial score (nSPS) is 13.1. The molecular formula is C56H88O6. The lowest BCUT2D eigenvalue weighted by atomic mass is 10.1. The van der Waals surface area contributed by atoms with Gasteiger partial charge in [0.2, 0.25) is 0 Å². The summed E-state index contributed by atoms with van der Waals surface area (Å²) in [6.45, 7) is 6.30. The highest BCUT2D eigenvalue weighted by Gasteiger charge is 2.19. The highest BCUT2D eigenvalue weighted by Crippen LogP contribution is 2.13. The molecule has 6 heteroatoms. The maximum Gasteiger partial charge on any atom is 0.306 e. The Balaban J connectivity index is 4.51. The van der Waals surface area contributed by atoms with E-state index in [0.717, 1.165) is 122 Å². The first-order valence-corrected chi connectivity index (χ1v) is 24.7. The molecule has 0 aliphatic heterocycles. The predicted octanol–water partition coefficient (Wildman–Crippen LogP) is 16.1. The molecule has 0 aliphatic rings. The number of unbranched alkanes of at least 4 members (excludes halogenated alkanes) is 18. The molecule has 0 saturated heterocycles. The van der Waals surface area contributed by atoms with Crippen LogP contribution in [0, 0.1) is 0 Å². The van der Waals surface area contributed by atoms with Gasteiger partial charge in [0, 0.05) is 19.3 Å². The SMILES string of the molecule is CC\C=C/C=C\C=C/C=C\CCCCCCCC(=O)OC(COC(=O)CCCCCCC\C=C/C=C\C=C/C=C\C=C/CCC)COC(=O)CCCCCCC/C=C\CCCC. The van der Waals surface area contributed by atoms with E-state index in [1.807, 2.05) is 60.8 Å². The molecular weight excluding hydrogens is 769 g/mol. The molecule has 1 atom stereocenters. The monoisotopic (exact) mass is 857 g/mol. The van der Waals surface area contributed by atoms with Gasteiger partial charge in [-0.1, -0.05) is 219 Å². The minimum atomic E-state index is -0.807. The number of hydrogen-bond donors (Lipinski definition) is 0. The van der Waals surface area contributed by atoms with Crippen LogP contribution in [0.4, 0.5) is 0 Å². The van der Waals surface area contributed by atoms with Crippen LogP contribution in [0.3, 0.4) is 0 Å². The van der Waals surface area contributed by atoms with Crippen molar-refractivity contribution in [2.45, 2.75) is 200 Å². The molecule has 0 aromatic heterocycles. The number of hydrogen-bond acceptors (Lipinski definition) is 6. The minimum absolute atomic E-state index is 0.105. The van der Waals surface area contributed by atoms with Crippen molar-refractivity contribution < 1.29 is 28.6 Å². The topological polar surface area (TPSA) is 78.9 Å². The zero-order chi connectivity index (χ0) is 45.1. The number of carbonyl (C=O) groups is 3. The van der Waals surface area contributed by atoms with Crippen LogP contribution < -0.4 is 0 Å². The third kappa shape index (κ3) is 46.9. The fourth-order valence-electron chi connectivity index (χ4n) is 6.17. The van der Waals surface area contributed by atoms with Crippen molar-refractivity contribution >= 4 is 17.9 Å². The summed E-state index contributed by atoms with van der Waals surface area (Å²) in [6, 6.07) is 0. The lowest BCUT2D eigenvalue weighted by Crippen LogP contribution is -2.30. The Morgan fingerprint density at radius 3 is 1.10 bits per heavy atom. The first-order chi connectivity index (χ1) is 30.5. The van der Waals surface area contributed by atoms with Crippen molar-refractivity contribution in [1.82, 2.24) is 0 Å². The molecule has 0 fully saturated rings. The second-order valence-corrected chi connectivity index (χ2v) is 15.8. The van der Waals surface area contributed by atoms with Crippen molar-refractivity contribution in [2.24, 2.45) is 0 Å². The molecule has 0 aromatic rings. The predicted molar refractivity (Wildman–Crippen MR) is 265 cm³/mol. The number of carbonyl (C=O) groups excluding carboxylic acids is 3. The fraction of sp³-hybridized carbons (Fsp3) is 0.589. The second kappa shape index (κ2) is 49.5. The lowest BCUT2D eigenvalue weighted by Gasteiger charge is -2.18. The average molecular weight is 857 g/mol. The van der Waals surface area contributed by atoms with Gasteiger partial charge in [-0.2, -0.15) is 0 Å². The van der Waals surface area contributed by atoms with Gasteiger partial charge in [0.25, 0.3) is 0 Å². The molecule has 348 valence electrons. The van der Waals surface area contributed by atoms with Gasteiger partial charge in [0.05, 0.1) is 0 Å². The molecule has 0 aromatic carbocycles. The van der Waals surface area contributed by atoms with Crippen LogP contribution in [0.5, 0.6) is 0 Å². The average Bonchev–Trinajstić information content (AvgIpc) is 3.27. The van der Waals surface area contributed by atoms with Crippen molar-refractivity contribution in [2.75, 3.05) is 13.2 Å². The molecule has 0 radical (unpaired) electrons. The highest BCUT2D eigenvalue weighted by atomic mass is 16.6. The number of rotatable bonds is 42. The molecule has 0 rings (SSSR count). The Morgan fingerprint density at radius 2 is 0.677 bits per heavy atom. The lowest BCUT2D eigenvalue weighted by molar-refractivity contribution is -0.167. The third-order valence-electron chi connectivity index (χ3n) is 9.87.